The number of carbonyl (C=O) groups excluding carboxylic acids is 1. The topological polar surface area (TPSA) is 94.0 Å². The van der Waals surface area contributed by atoms with Crippen LogP contribution >= 0.6 is 0 Å². The maximum Gasteiger partial charge on any atom is 0.264 e. The van der Waals surface area contributed by atoms with E-state index in [1.54, 1.807) is 37.3 Å². The molecule has 0 amide bonds. The number of nitrogens with one attached hydrogen (secondary N) is 1. The highest BCUT2D eigenvalue weighted by Crippen LogP contribution is 2.37. The van der Waals surface area contributed by atoms with Gasteiger partial charge in [0.2, 0.25) is 5.95 Å². The standard InChI is InChI=1S/C22H24N4O3S/c1-14-9-10-23-21(24-14)25-30(28,29)17-7-5-16(6-8-17)26-15(2)11-18-19(26)12-22(3,4)13-20(18)27/h5-11H,12-13H2,1-4H3,(H,23,24,25). The molecular weight excluding hydrogens is 400 g/mol. The molecule has 0 bridgehead atoms. The fourth-order valence-electron chi connectivity index (χ4n) is 3.96. The number of Topliss-reactive ketones (excluding diaryl/α,β-unsaturated/α-hetero) is 1. The van der Waals surface area contributed by atoms with E-state index in [0.29, 0.717) is 12.1 Å². The van der Waals surface area contributed by atoms with Gasteiger partial charge in [-0.1, -0.05) is 13.8 Å². The van der Waals surface area contributed by atoms with Crippen molar-refractivity contribution >= 4 is 21.8 Å². The van der Waals surface area contributed by atoms with Gasteiger partial charge in [-0.2, -0.15) is 0 Å². The van der Waals surface area contributed by atoms with Gasteiger partial charge >= 0.3 is 0 Å². The van der Waals surface area contributed by atoms with Gasteiger partial charge < -0.3 is 4.57 Å². The van der Waals surface area contributed by atoms with Crippen LogP contribution in [0, 0.1) is 19.3 Å². The summed E-state index contributed by atoms with van der Waals surface area (Å²) in [6, 6.07) is 10.2. The summed E-state index contributed by atoms with van der Waals surface area (Å²) in [7, 11) is -3.81. The normalized spacial score (nSPS) is 15.7. The van der Waals surface area contributed by atoms with Gasteiger partial charge in [-0.25, -0.2) is 23.1 Å². The quantitative estimate of drug-likeness (QED) is 0.687. The van der Waals surface area contributed by atoms with E-state index in [-0.39, 0.29) is 22.0 Å². The Balaban J connectivity index is 1.67. The van der Waals surface area contributed by atoms with Crippen molar-refractivity contribution in [1.82, 2.24) is 14.5 Å². The van der Waals surface area contributed by atoms with Crippen molar-refractivity contribution in [3.8, 4) is 5.69 Å². The number of hydrogen-bond acceptors (Lipinski definition) is 5. The molecule has 30 heavy (non-hydrogen) atoms. The van der Waals surface area contributed by atoms with Crippen LogP contribution in [0.25, 0.3) is 5.69 Å². The van der Waals surface area contributed by atoms with Gasteiger partial charge in [0.1, 0.15) is 0 Å². The van der Waals surface area contributed by atoms with Crippen molar-refractivity contribution in [3.63, 3.8) is 0 Å². The molecule has 0 fully saturated rings. The number of rotatable bonds is 4. The molecule has 0 spiro atoms. The lowest BCUT2D eigenvalue weighted by Gasteiger charge is -2.29. The SMILES string of the molecule is Cc1ccnc(NS(=O)(=O)c2ccc(-n3c(C)cc4c3CC(C)(C)CC4=O)cc2)n1. The molecule has 1 aliphatic carbocycles. The van der Waals surface area contributed by atoms with Gasteiger partial charge in [-0.05, 0) is 62.1 Å². The third-order valence-corrected chi connectivity index (χ3v) is 6.64. The lowest BCUT2D eigenvalue weighted by atomic mass is 9.76. The van der Waals surface area contributed by atoms with Crippen LogP contribution in [0.4, 0.5) is 5.95 Å². The molecule has 8 heteroatoms. The van der Waals surface area contributed by atoms with Crippen LogP contribution in [-0.4, -0.2) is 28.7 Å². The first kappa shape index (κ1) is 20.3. The van der Waals surface area contributed by atoms with Crippen molar-refractivity contribution in [2.45, 2.75) is 45.4 Å². The fraction of sp³-hybridized carbons (Fsp3) is 0.318. The largest absolute Gasteiger partial charge is 0.317 e. The Bertz CT molecular complexity index is 1240. The molecule has 7 nitrogen and oxygen atoms in total. The third kappa shape index (κ3) is 3.75. The first-order valence-electron chi connectivity index (χ1n) is 9.73. The summed E-state index contributed by atoms with van der Waals surface area (Å²) >= 11 is 0. The highest BCUT2D eigenvalue weighted by atomic mass is 32.2. The van der Waals surface area contributed by atoms with E-state index < -0.39 is 10.0 Å². The Morgan fingerprint density at radius 1 is 1.07 bits per heavy atom. The van der Waals surface area contributed by atoms with Gasteiger partial charge in [0.15, 0.2) is 5.78 Å². The second-order valence-corrected chi connectivity index (χ2v) is 10.2. The minimum absolute atomic E-state index is 0.0372. The van der Waals surface area contributed by atoms with E-state index in [2.05, 4.69) is 28.5 Å². The van der Waals surface area contributed by atoms with Crippen molar-refractivity contribution in [1.29, 1.82) is 0 Å². The van der Waals surface area contributed by atoms with Crippen LogP contribution < -0.4 is 4.72 Å². The predicted octanol–water partition coefficient (Wildman–Crippen LogP) is 3.84. The van der Waals surface area contributed by atoms with Gasteiger partial charge in [0.05, 0.1) is 4.90 Å². The zero-order chi connectivity index (χ0) is 21.7. The van der Waals surface area contributed by atoms with Gasteiger partial charge in [-0.3, -0.25) is 4.79 Å². The number of hydrogen-bond donors (Lipinski definition) is 1. The first-order valence-corrected chi connectivity index (χ1v) is 11.2. The average molecular weight is 425 g/mol. The summed E-state index contributed by atoms with van der Waals surface area (Å²) in [6.45, 7) is 7.91. The van der Waals surface area contributed by atoms with Crippen LogP contribution in [-0.2, 0) is 16.4 Å². The molecule has 0 atom stereocenters. The molecular formula is C22H24N4O3S. The number of nitrogens with zero attached hydrogens (tertiary/aromatic N) is 3. The summed E-state index contributed by atoms with van der Waals surface area (Å²) in [5.74, 6) is 0.194. The van der Waals surface area contributed by atoms with Crippen LogP contribution in [0.3, 0.4) is 0 Å². The van der Waals surface area contributed by atoms with E-state index in [1.165, 1.54) is 6.20 Å². The summed E-state index contributed by atoms with van der Waals surface area (Å²) in [5, 5.41) is 0. The molecule has 0 unspecified atom stereocenters. The molecule has 0 radical (unpaired) electrons. The highest BCUT2D eigenvalue weighted by molar-refractivity contribution is 7.92. The second kappa shape index (κ2) is 7.05. The second-order valence-electron chi connectivity index (χ2n) is 8.54. The van der Waals surface area contributed by atoms with Gasteiger partial charge in [0, 0.05) is 41.0 Å². The molecule has 1 N–H and O–H groups in total. The minimum atomic E-state index is -3.81. The number of fused-ring (bicyclic) bond motifs is 1. The molecule has 0 saturated carbocycles. The number of aryl methyl sites for hydroxylation is 2. The van der Waals surface area contributed by atoms with E-state index >= 15 is 0 Å². The zero-order valence-corrected chi connectivity index (χ0v) is 18.2. The monoisotopic (exact) mass is 424 g/mol. The summed E-state index contributed by atoms with van der Waals surface area (Å²) in [5.41, 5.74) is 4.09. The molecule has 0 saturated heterocycles. The Morgan fingerprint density at radius 2 is 1.77 bits per heavy atom. The summed E-state index contributed by atoms with van der Waals surface area (Å²) < 4.78 is 29.8. The van der Waals surface area contributed by atoms with Crippen molar-refractivity contribution in [3.05, 3.63) is 65.2 Å². The molecule has 1 aliphatic rings. The van der Waals surface area contributed by atoms with Crippen molar-refractivity contribution in [2.24, 2.45) is 5.41 Å². The number of carbonyl (C=O) groups is 1. The Hall–Kier alpha value is -3.00. The fourth-order valence-corrected chi connectivity index (χ4v) is 4.91. The van der Waals surface area contributed by atoms with E-state index in [1.807, 2.05) is 17.6 Å². The Labute approximate surface area is 176 Å². The van der Waals surface area contributed by atoms with E-state index in [4.69, 9.17) is 0 Å². The van der Waals surface area contributed by atoms with Crippen molar-refractivity contribution < 1.29 is 13.2 Å². The lowest BCUT2D eigenvalue weighted by Crippen LogP contribution is -2.27. The molecule has 2 aromatic heterocycles. The average Bonchev–Trinajstić information content (AvgIpc) is 2.96. The Kier molecular flexibility index (Phi) is 4.77. The first-order chi connectivity index (χ1) is 14.1. The third-order valence-electron chi connectivity index (χ3n) is 5.30. The summed E-state index contributed by atoms with van der Waals surface area (Å²) in [6.07, 6.45) is 2.82. The molecule has 156 valence electrons. The number of sulfonamides is 1. The van der Waals surface area contributed by atoms with Crippen LogP contribution in [0.1, 0.15) is 47.7 Å². The zero-order valence-electron chi connectivity index (χ0n) is 17.4. The number of anilines is 1. The number of ketones is 1. The van der Waals surface area contributed by atoms with Crippen LogP contribution in [0.5, 0.6) is 0 Å². The molecule has 3 aromatic rings. The van der Waals surface area contributed by atoms with Crippen molar-refractivity contribution in [2.75, 3.05) is 4.72 Å². The maximum absolute atomic E-state index is 12.7. The molecule has 1 aromatic carbocycles. The van der Waals surface area contributed by atoms with Gasteiger partial charge in [0.25, 0.3) is 10.0 Å². The number of aromatic nitrogens is 3. The number of benzene rings is 1. The lowest BCUT2D eigenvalue weighted by molar-refractivity contribution is 0.0911. The smallest absolute Gasteiger partial charge is 0.264 e. The van der Waals surface area contributed by atoms with Crippen LogP contribution in [0.2, 0.25) is 0 Å². The molecule has 0 aliphatic heterocycles. The van der Waals surface area contributed by atoms with Gasteiger partial charge in [-0.15, -0.1) is 0 Å². The van der Waals surface area contributed by atoms with Crippen LogP contribution in [0.15, 0.2) is 47.5 Å². The van der Waals surface area contributed by atoms with E-state index in [0.717, 1.165) is 29.1 Å². The molecule has 4 rings (SSSR count). The predicted molar refractivity (Wildman–Crippen MR) is 115 cm³/mol. The summed E-state index contributed by atoms with van der Waals surface area (Å²) in [4.78, 5) is 20.7. The Morgan fingerprint density at radius 3 is 2.43 bits per heavy atom. The minimum Gasteiger partial charge on any atom is -0.317 e. The molecule has 2 heterocycles. The highest BCUT2D eigenvalue weighted by Gasteiger charge is 2.34. The van der Waals surface area contributed by atoms with E-state index in [9.17, 15) is 13.2 Å². The maximum atomic E-state index is 12.7.